The number of thiophene rings is 1. The Morgan fingerprint density at radius 2 is 1.92 bits per heavy atom. The number of rotatable bonds is 8. The molecule has 0 bridgehead atoms. The summed E-state index contributed by atoms with van der Waals surface area (Å²) in [5, 5.41) is 4.93. The molecule has 2 aromatic rings. The van der Waals surface area contributed by atoms with Crippen LogP contribution in [0.1, 0.15) is 36.0 Å². The van der Waals surface area contributed by atoms with Gasteiger partial charge in [0, 0.05) is 36.0 Å². The molecule has 1 heterocycles. The molecule has 7 heteroatoms. The van der Waals surface area contributed by atoms with Crippen molar-refractivity contribution in [1.82, 2.24) is 9.62 Å². The first-order valence-electron chi connectivity index (χ1n) is 8.32. The zero-order valence-electron chi connectivity index (χ0n) is 14.7. The summed E-state index contributed by atoms with van der Waals surface area (Å²) in [6.45, 7) is 6.32. The largest absolute Gasteiger partial charge is 0.349 e. The van der Waals surface area contributed by atoms with Crippen molar-refractivity contribution in [2.24, 2.45) is 0 Å². The summed E-state index contributed by atoms with van der Waals surface area (Å²) in [6, 6.07) is 10.2. The topological polar surface area (TPSA) is 66.5 Å². The lowest BCUT2D eigenvalue weighted by atomic mass is 10.1. The molecule has 1 N–H and O–H groups in total. The highest BCUT2D eigenvalue weighted by molar-refractivity contribution is 7.89. The molecule has 0 fully saturated rings. The molecule has 136 valence electrons. The lowest BCUT2D eigenvalue weighted by molar-refractivity contribution is 0.0940. The summed E-state index contributed by atoms with van der Waals surface area (Å²) in [5.41, 5.74) is 0.353. The number of amides is 1. The van der Waals surface area contributed by atoms with Crippen LogP contribution in [0.2, 0.25) is 0 Å². The molecular weight excluding hydrogens is 356 g/mol. The number of hydrogen-bond donors (Lipinski definition) is 1. The molecule has 0 radical (unpaired) electrons. The quantitative estimate of drug-likeness (QED) is 0.765. The number of nitrogens with one attached hydrogen (secondary N) is 1. The van der Waals surface area contributed by atoms with E-state index in [0.29, 0.717) is 18.7 Å². The zero-order chi connectivity index (χ0) is 18.4. The highest BCUT2D eigenvalue weighted by atomic mass is 32.2. The second-order valence-electron chi connectivity index (χ2n) is 5.78. The fourth-order valence-electron chi connectivity index (χ4n) is 2.60. The fourth-order valence-corrected chi connectivity index (χ4v) is 4.94. The molecule has 25 heavy (non-hydrogen) atoms. The van der Waals surface area contributed by atoms with Crippen LogP contribution in [0.4, 0.5) is 0 Å². The minimum atomic E-state index is -3.57. The molecule has 0 aliphatic carbocycles. The van der Waals surface area contributed by atoms with Crippen LogP contribution in [0, 0.1) is 0 Å². The van der Waals surface area contributed by atoms with Gasteiger partial charge in [-0.25, -0.2) is 8.42 Å². The molecule has 0 spiro atoms. The summed E-state index contributed by atoms with van der Waals surface area (Å²) >= 11 is 1.65. The third-order valence-corrected chi connectivity index (χ3v) is 6.85. The maximum atomic E-state index is 12.6. The lowest BCUT2D eigenvalue weighted by Crippen LogP contribution is -2.34. The third-order valence-electron chi connectivity index (χ3n) is 3.90. The molecule has 0 aliphatic rings. The van der Waals surface area contributed by atoms with Crippen molar-refractivity contribution in [3.8, 4) is 0 Å². The van der Waals surface area contributed by atoms with Gasteiger partial charge in [-0.1, -0.05) is 26.0 Å². The summed E-state index contributed by atoms with van der Waals surface area (Å²) in [7, 11) is -3.57. The fraction of sp³-hybridized carbons (Fsp3) is 0.389. The van der Waals surface area contributed by atoms with Crippen molar-refractivity contribution in [3.63, 3.8) is 0 Å². The number of sulfonamides is 1. The second-order valence-corrected chi connectivity index (χ2v) is 8.75. The van der Waals surface area contributed by atoms with E-state index in [2.05, 4.69) is 5.32 Å². The smallest absolute Gasteiger partial charge is 0.251 e. The number of nitrogens with zero attached hydrogens (tertiary/aromatic N) is 1. The van der Waals surface area contributed by atoms with Gasteiger partial charge < -0.3 is 5.32 Å². The van der Waals surface area contributed by atoms with E-state index in [-0.39, 0.29) is 16.8 Å². The average Bonchev–Trinajstić information content (AvgIpc) is 3.08. The Kier molecular flexibility index (Phi) is 6.75. The van der Waals surface area contributed by atoms with E-state index >= 15 is 0 Å². The third kappa shape index (κ3) is 4.90. The number of carbonyl (C=O) groups excluding carboxylic acids is 1. The molecule has 1 atom stereocenters. The van der Waals surface area contributed by atoms with Gasteiger partial charge in [-0.3, -0.25) is 4.79 Å². The highest BCUT2D eigenvalue weighted by Crippen LogP contribution is 2.17. The average molecular weight is 381 g/mol. The standard InChI is InChI=1S/C18H24N2O3S2/c1-4-20(5-2)25(22,23)17-10-6-8-15(13-17)18(21)19-14(3)12-16-9-7-11-24-16/h6-11,13-14H,4-5,12H2,1-3H3,(H,19,21). The van der Waals surface area contributed by atoms with Crippen LogP contribution in [0.5, 0.6) is 0 Å². The van der Waals surface area contributed by atoms with E-state index in [1.807, 2.05) is 24.4 Å². The van der Waals surface area contributed by atoms with E-state index < -0.39 is 10.0 Å². The predicted molar refractivity (Wildman–Crippen MR) is 102 cm³/mol. The minimum Gasteiger partial charge on any atom is -0.349 e. The minimum absolute atomic E-state index is 0.0332. The maximum absolute atomic E-state index is 12.6. The summed E-state index contributed by atoms with van der Waals surface area (Å²) < 4.78 is 26.6. The Morgan fingerprint density at radius 3 is 2.52 bits per heavy atom. The van der Waals surface area contributed by atoms with Crippen LogP contribution in [0.15, 0.2) is 46.7 Å². The first-order chi connectivity index (χ1) is 11.9. The molecule has 0 aliphatic heterocycles. The van der Waals surface area contributed by atoms with Gasteiger partial charge in [0.25, 0.3) is 5.91 Å². The Balaban J connectivity index is 2.13. The zero-order valence-corrected chi connectivity index (χ0v) is 16.4. The Bertz CT molecular complexity index is 797. The number of hydrogen-bond acceptors (Lipinski definition) is 4. The van der Waals surface area contributed by atoms with Crippen molar-refractivity contribution in [3.05, 3.63) is 52.2 Å². The summed E-state index contributed by atoms with van der Waals surface area (Å²) in [6.07, 6.45) is 0.751. The second kappa shape index (κ2) is 8.60. The molecule has 1 aromatic carbocycles. The van der Waals surface area contributed by atoms with Gasteiger partial charge in [-0.05, 0) is 36.6 Å². The molecule has 1 aromatic heterocycles. The molecule has 1 unspecified atom stereocenters. The molecule has 2 rings (SSSR count). The van der Waals surface area contributed by atoms with Crippen molar-refractivity contribution >= 4 is 27.3 Å². The van der Waals surface area contributed by atoms with Gasteiger partial charge in [-0.2, -0.15) is 4.31 Å². The Morgan fingerprint density at radius 1 is 1.20 bits per heavy atom. The van der Waals surface area contributed by atoms with Gasteiger partial charge in [0.15, 0.2) is 0 Å². The highest BCUT2D eigenvalue weighted by Gasteiger charge is 2.22. The van der Waals surface area contributed by atoms with Crippen LogP contribution >= 0.6 is 11.3 Å². The summed E-state index contributed by atoms with van der Waals surface area (Å²) in [4.78, 5) is 13.8. The van der Waals surface area contributed by atoms with Gasteiger partial charge in [0.2, 0.25) is 10.0 Å². The van der Waals surface area contributed by atoms with Crippen LogP contribution in [-0.4, -0.2) is 37.8 Å². The van der Waals surface area contributed by atoms with Crippen molar-refractivity contribution in [2.75, 3.05) is 13.1 Å². The van der Waals surface area contributed by atoms with Crippen molar-refractivity contribution < 1.29 is 13.2 Å². The van der Waals surface area contributed by atoms with Gasteiger partial charge in [-0.15, -0.1) is 11.3 Å². The predicted octanol–water partition coefficient (Wildman–Crippen LogP) is 3.14. The first kappa shape index (κ1) is 19.6. The van der Waals surface area contributed by atoms with Gasteiger partial charge in [0.05, 0.1) is 4.90 Å². The Hall–Kier alpha value is -1.70. The van der Waals surface area contributed by atoms with Crippen molar-refractivity contribution in [1.29, 1.82) is 0 Å². The molecule has 0 saturated heterocycles. The summed E-state index contributed by atoms with van der Waals surface area (Å²) in [5.74, 6) is -0.263. The van der Waals surface area contributed by atoms with E-state index in [4.69, 9.17) is 0 Å². The normalized spacial score (nSPS) is 13.0. The van der Waals surface area contributed by atoms with Gasteiger partial charge in [0.1, 0.15) is 0 Å². The Labute approximate surface area is 153 Å². The maximum Gasteiger partial charge on any atom is 0.251 e. The SMILES string of the molecule is CCN(CC)S(=O)(=O)c1cccc(C(=O)NC(C)Cc2cccs2)c1. The van der Waals surface area contributed by atoms with E-state index in [9.17, 15) is 13.2 Å². The van der Waals surface area contributed by atoms with Crippen molar-refractivity contribution in [2.45, 2.75) is 38.1 Å². The lowest BCUT2D eigenvalue weighted by Gasteiger charge is -2.19. The first-order valence-corrected chi connectivity index (χ1v) is 10.6. The number of benzene rings is 1. The van der Waals surface area contributed by atoms with Gasteiger partial charge >= 0.3 is 0 Å². The van der Waals surface area contributed by atoms with Crippen LogP contribution < -0.4 is 5.32 Å². The van der Waals surface area contributed by atoms with E-state index in [1.165, 1.54) is 21.3 Å². The number of carbonyl (C=O) groups is 1. The van der Waals surface area contributed by atoms with Crippen LogP contribution in [-0.2, 0) is 16.4 Å². The van der Waals surface area contributed by atoms with Crippen LogP contribution in [0.3, 0.4) is 0 Å². The molecule has 5 nitrogen and oxygen atoms in total. The monoisotopic (exact) mass is 380 g/mol. The van der Waals surface area contributed by atoms with E-state index in [0.717, 1.165) is 6.42 Å². The molecular formula is C18H24N2O3S2. The molecule has 1 amide bonds. The molecule has 0 saturated carbocycles. The van der Waals surface area contributed by atoms with Crippen LogP contribution in [0.25, 0.3) is 0 Å². The van der Waals surface area contributed by atoms with E-state index in [1.54, 1.807) is 37.3 Å².